The van der Waals surface area contributed by atoms with Crippen LogP contribution in [0.3, 0.4) is 0 Å². The molecule has 6 nitrogen and oxygen atoms in total. The summed E-state index contributed by atoms with van der Waals surface area (Å²) in [5.41, 5.74) is 0.546. The molecule has 0 bridgehead atoms. The van der Waals surface area contributed by atoms with E-state index in [1.165, 1.54) is 6.20 Å². The molecule has 1 aromatic carbocycles. The van der Waals surface area contributed by atoms with Gasteiger partial charge in [-0.15, -0.1) is 0 Å². The molecule has 1 aliphatic heterocycles. The van der Waals surface area contributed by atoms with Gasteiger partial charge in [0.1, 0.15) is 6.54 Å². The van der Waals surface area contributed by atoms with Gasteiger partial charge in [-0.25, -0.2) is 0 Å². The van der Waals surface area contributed by atoms with Crippen molar-refractivity contribution in [2.24, 2.45) is 0 Å². The second-order valence-electron chi connectivity index (χ2n) is 5.72. The average Bonchev–Trinajstić information content (AvgIpc) is 2.52. The van der Waals surface area contributed by atoms with Crippen LogP contribution in [0.5, 0.6) is 0 Å². The highest BCUT2D eigenvalue weighted by molar-refractivity contribution is 5.81. The second kappa shape index (κ2) is 5.88. The standard InChI is InChI=1S/C16H19N3O3/c1-11-10-22-12(2)8-18(11)16(21)9-19-14-6-4-3-5-13(14)15(20)7-17-19/h3-7,11-12H,8-10H2,1-2H3. The molecule has 1 saturated heterocycles. The third kappa shape index (κ3) is 2.74. The van der Waals surface area contributed by atoms with Gasteiger partial charge >= 0.3 is 0 Å². The minimum atomic E-state index is -0.132. The van der Waals surface area contributed by atoms with Crippen molar-refractivity contribution in [2.75, 3.05) is 13.2 Å². The molecule has 1 aliphatic rings. The molecular formula is C16H19N3O3. The summed E-state index contributed by atoms with van der Waals surface area (Å²) in [4.78, 5) is 26.2. The first-order valence-corrected chi connectivity index (χ1v) is 7.42. The average molecular weight is 301 g/mol. The van der Waals surface area contributed by atoms with Crippen LogP contribution in [0.4, 0.5) is 0 Å². The highest BCUT2D eigenvalue weighted by atomic mass is 16.5. The zero-order valence-corrected chi connectivity index (χ0v) is 12.7. The summed E-state index contributed by atoms with van der Waals surface area (Å²) in [5.74, 6) is -0.0102. The van der Waals surface area contributed by atoms with Crippen molar-refractivity contribution >= 4 is 16.8 Å². The number of carbonyl (C=O) groups excluding carboxylic acids is 1. The number of hydrogen-bond acceptors (Lipinski definition) is 4. The smallest absolute Gasteiger partial charge is 0.244 e. The van der Waals surface area contributed by atoms with Crippen LogP contribution in [0.15, 0.2) is 35.3 Å². The first-order valence-electron chi connectivity index (χ1n) is 7.42. The molecule has 2 aromatic rings. The van der Waals surface area contributed by atoms with Crippen LogP contribution >= 0.6 is 0 Å². The number of aromatic nitrogens is 2. The quantitative estimate of drug-likeness (QED) is 0.831. The Morgan fingerprint density at radius 2 is 2.14 bits per heavy atom. The normalized spacial score (nSPS) is 22.0. The number of fused-ring (bicyclic) bond motifs is 1. The molecule has 22 heavy (non-hydrogen) atoms. The number of nitrogens with zero attached hydrogens (tertiary/aromatic N) is 3. The van der Waals surface area contributed by atoms with Gasteiger partial charge in [0, 0.05) is 11.9 Å². The van der Waals surface area contributed by atoms with E-state index in [0.29, 0.717) is 24.1 Å². The van der Waals surface area contributed by atoms with E-state index in [9.17, 15) is 9.59 Å². The Hall–Kier alpha value is -2.21. The molecule has 0 aliphatic carbocycles. The molecule has 2 unspecified atom stereocenters. The van der Waals surface area contributed by atoms with Gasteiger partial charge in [0.2, 0.25) is 11.3 Å². The van der Waals surface area contributed by atoms with Crippen molar-refractivity contribution in [3.63, 3.8) is 0 Å². The van der Waals surface area contributed by atoms with Crippen molar-refractivity contribution < 1.29 is 9.53 Å². The second-order valence-corrected chi connectivity index (χ2v) is 5.72. The Kier molecular flexibility index (Phi) is 3.94. The highest BCUT2D eigenvalue weighted by Crippen LogP contribution is 2.13. The zero-order chi connectivity index (χ0) is 15.7. The Bertz CT molecular complexity index is 756. The Morgan fingerprint density at radius 1 is 1.36 bits per heavy atom. The molecular weight excluding hydrogens is 282 g/mol. The van der Waals surface area contributed by atoms with Gasteiger partial charge < -0.3 is 9.64 Å². The maximum atomic E-state index is 12.6. The summed E-state index contributed by atoms with van der Waals surface area (Å²) < 4.78 is 7.14. The summed E-state index contributed by atoms with van der Waals surface area (Å²) in [7, 11) is 0. The van der Waals surface area contributed by atoms with Gasteiger partial charge in [0.25, 0.3) is 0 Å². The van der Waals surface area contributed by atoms with E-state index in [-0.39, 0.29) is 30.0 Å². The predicted octanol–water partition coefficient (Wildman–Crippen LogP) is 1.03. The molecule has 2 heterocycles. The molecule has 2 atom stereocenters. The molecule has 0 spiro atoms. The summed E-state index contributed by atoms with van der Waals surface area (Å²) in [6, 6.07) is 7.25. The third-order valence-electron chi connectivity index (χ3n) is 3.98. The van der Waals surface area contributed by atoms with Crippen LogP contribution in [0.1, 0.15) is 13.8 Å². The monoisotopic (exact) mass is 301 g/mol. The Balaban J connectivity index is 1.88. The van der Waals surface area contributed by atoms with Crippen molar-refractivity contribution in [3.05, 3.63) is 40.7 Å². The van der Waals surface area contributed by atoms with Gasteiger partial charge in [-0.2, -0.15) is 5.10 Å². The van der Waals surface area contributed by atoms with Crippen molar-refractivity contribution in [2.45, 2.75) is 32.5 Å². The number of hydrogen-bond donors (Lipinski definition) is 0. The summed E-state index contributed by atoms with van der Waals surface area (Å²) >= 11 is 0. The van der Waals surface area contributed by atoms with E-state index in [1.807, 2.05) is 36.9 Å². The lowest BCUT2D eigenvalue weighted by Gasteiger charge is -2.36. The van der Waals surface area contributed by atoms with Crippen LogP contribution in [0.25, 0.3) is 10.9 Å². The molecule has 3 rings (SSSR count). The molecule has 1 fully saturated rings. The summed E-state index contributed by atoms with van der Waals surface area (Å²) in [5, 5.41) is 4.69. The molecule has 1 aromatic heterocycles. The van der Waals surface area contributed by atoms with Crippen molar-refractivity contribution in [3.8, 4) is 0 Å². The fraction of sp³-hybridized carbons (Fsp3) is 0.438. The molecule has 0 saturated carbocycles. The molecule has 1 amide bonds. The van der Waals surface area contributed by atoms with Crippen LogP contribution in [0.2, 0.25) is 0 Å². The van der Waals surface area contributed by atoms with Crippen LogP contribution in [-0.4, -0.2) is 45.9 Å². The highest BCUT2D eigenvalue weighted by Gasteiger charge is 2.27. The lowest BCUT2D eigenvalue weighted by Crippen LogP contribution is -2.51. The van der Waals surface area contributed by atoms with E-state index in [4.69, 9.17) is 4.74 Å². The van der Waals surface area contributed by atoms with Crippen LogP contribution in [-0.2, 0) is 16.1 Å². The Morgan fingerprint density at radius 3 is 2.95 bits per heavy atom. The van der Waals surface area contributed by atoms with Crippen LogP contribution in [0, 0.1) is 0 Å². The third-order valence-corrected chi connectivity index (χ3v) is 3.98. The van der Waals surface area contributed by atoms with E-state index in [0.717, 1.165) is 0 Å². The fourth-order valence-electron chi connectivity index (χ4n) is 2.76. The predicted molar refractivity (Wildman–Crippen MR) is 82.6 cm³/mol. The number of carbonyl (C=O) groups is 1. The number of para-hydroxylation sites is 1. The van der Waals surface area contributed by atoms with E-state index in [1.54, 1.807) is 10.7 Å². The largest absolute Gasteiger partial charge is 0.375 e. The van der Waals surface area contributed by atoms with Gasteiger partial charge in [-0.05, 0) is 26.0 Å². The minimum Gasteiger partial charge on any atom is -0.375 e. The molecule has 0 radical (unpaired) electrons. The number of amides is 1. The van der Waals surface area contributed by atoms with Gasteiger partial charge in [-0.1, -0.05) is 12.1 Å². The molecule has 6 heteroatoms. The first-order chi connectivity index (χ1) is 10.6. The number of rotatable bonds is 2. The lowest BCUT2D eigenvalue weighted by atomic mass is 10.2. The van der Waals surface area contributed by atoms with Gasteiger partial charge in [-0.3, -0.25) is 14.3 Å². The zero-order valence-electron chi connectivity index (χ0n) is 12.7. The van der Waals surface area contributed by atoms with E-state index < -0.39 is 0 Å². The van der Waals surface area contributed by atoms with Gasteiger partial charge in [0.05, 0.1) is 30.5 Å². The topological polar surface area (TPSA) is 64.4 Å². The molecule has 116 valence electrons. The first kappa shape index (κ1) is 14.7. The minimum absolute atomic E-state index is 0.0102. The van der Waals surface area contributed by atoms with Crippen molar-refractivity contribution in [1.29, 1.82) is 0 Å². The lowest BCUT2D eigenvalue weighted by molar-refractivity contribution is -0.143. The fourth-order valence-corrected chi connectivity index (χ4v) is 2.76. The number of benzene rings is 1. The van der Waals surface area contributed by atoms with Crippen LogP contribution < -0.4 is 5.43 Å². The SMILES string of the molecule is CC1CN(C(=O)Cn2ncc(=O)c3ccccc32)C(C)CO1. The molecule has 0 N–H and O–H groups in total. The summed E-state index contributed by atoms with van der Waals surface area (Å²) in [6.07, 6.45) is 1.31. The number of morpholine rings is 1. The number of ether oxygens (including phenoxy) is 1. The van der Waals surface area contributed by atoms with Gasteiger partial charge in [0.15, 0.2) is 0 Å². The maximum Gasteiger partial charge on any atom is 0.244 e. The summed E-state index contributed by atoms with van der Waals surface area (Å²) in [6.45, 7) is 5.18. The van der Waals surface area contributed by atoms with Crippen molar-refractivity contribution in [1.82, 2.24) is 14.7 Å². The van der Waals surface area contributed by atoms with E-state index >= 15 is 0 Å². The maximum absolute atomic E-state index is 12.6. The van der Waals surface area contributed by atoms with E-state index in [2.05, 4.69) is 5.10 Å². The Labute approximate surface area is 128 Å².